The van der Waals surface area contributed by atoms with Crippen LogP contribution in [0.2, 0.25) is 0 Å². The lowest BCUT2D eigenvalue weighted by Crippen LogP contribution is -2.45. The highest BCUT2D eigenvalue weighted by Gasteiger charge is 2.32. The van der Waals surface area contributed by atoms with Crippen molar-refractivity contribution in [2.24, 2.45) is 5.10 Å². The van der Waals surface area contributed by atoms with Crippen molar-refractivity contribution in [3.8, 4) is 23.0 Å². The quantitative estimate of drug-likeness (QED) is 0.0874. The van der Waals surface area contributed by atoms with Crippen molar-refractivity contribution in [2.75, 3.05) is 27.4 Å². The molecule has 4 aromatic carbocycles. The number of ether oxygens (including phenoxy) is 5. The normalized spacial score (nSPS) is 14.2. The molecular formula is C36H35BrN4O8. The first-order valence-electron chi connectivity index (χ1n) is 15.3. The molecule has 1 heterocycles. The number of carbonyl (C=O) groups is 3. The molecule has 0 radical (unpaired) electrons. The molecule has 0 spiro atoms. The van der Waals surface area contributed by atoms with Crippen LogP contribution in [0, 0.1) is 0 Å². The summed E-state index contributed by atoms with van der Waals surface area (Å²) in [6, 6.07) is 21.4. The van der Waals surface area contributed by atoms with Gasteiger partial charge in [0.25, 0.3) is 5.91 Å². The molecule has 0 bridgehead atoms. The van der Waals surface area contributed by atoms with Gasteiger partial charge in [0.1, 0.15) is 6.61 Å². The SMILES string of the molecule is CCOC(=O)C1=C(C)NC(=O)N[C@@H]1c1ccc(OCC(=O)N/N=C\c2cc(OC)c(OCc3cccc4ccccc34)cc2Br)c(OC)c1. The van der Waals surface area contributed by atoms with Gasteiger partial charge >= 0.3 is 12.0 Å². The van der Waals surface area contributed by atoms with Crippen LogP contribution in [0.25, 0.3) is 10.8 Å². The third-order valence-electron chi connectivity index (χ3n) is 7.58. The van der Waals surface area contributed by atoms with E-state index >= 15 is 0 Å². The van der Waals surface area contributed by atoms with Crippen molar-refractivity contribution in [3.05, 3.63) is 105 Å². The number of rotatable bonds is 13. The first kappa shape index (κ1) is 34.8. The Morgan fingerprint density at radius 3 is 2.47 bits per heavy atom. The van der Waals surface area contributed by atoms with E-state index in [-0.39, 0.29) is 24.5 Å². The minimum absolute atomic E-state index is 0.179. The number of hydrazone groups is 1. The Morgan fingerprint density at radius 1 is 0.939 bits per heavy atom. The summed E-state index contributed by atoms with van der Waals surface area (Å²) in [4.78, 5) is 37.4. The number of halogens is 1. The fourth-order valence-electron chi connectivity index (χ4n) is 5.25. The molecule has 0 aromatic heterocycles. The molecular weight excluding hydrogens is 696 g/mol. The van der Waals surface area contributed by atoms with Crippen LogP contribution in [0.4, 0.5) is 4.79 Å². The highest BCUT2D eigenvalue weighted by molar-refractivity contribution is 9.10. The summed E-state index contributed by atoms with van der Waals surface area (Å²) in [6.45, 7) is 3.49. The Bertz CT molecular complexity index is 1940. The number of hydrogen-bond donors (Lipinski definition) is 3. The molecule has 5 rings (SSSR count). The summed E-state index contributed by atoms with van der Waals surface area (Å²) in [5.74, 6) is 0.536. The van der Waals surface area contributed by atoms with Gasteiger partial charge in [-0.05, 0) is 75.9 Å². The van der Waals surface area contributed by atoms with Crippen LogP contribution in [-0.4, -0.2) is 51.6 Å². The summed E-state index contributed by atoms with van der Waals surface area (Å²) >= 11 is 3.55. The Balaban J connectivity index is 1.20. The van der Waals surface area contributed by atoms with E-state index in [9.17, 15) is 14.4 Å². The molecule has 254 valence electrons. The Hall–Kier alpha value is -5.56. The minimum Gasteiger partial charge on any atom is -0.493 e. The zero-order valence-corrected chi connectivity index (χ0v) is 28.9. The van der Waals surface area contributed by atoms with Gasteiger partial charge in [-0.2, -0.15) is 5.10 Å². The number of allylic oxidation sites excluding steroid dienone is 1. The molecule has 0 unspecified atom stereocenters. The second-order valence-electron chi connectivity index (χ2n) is 10.7. The summed E-state index contributed by atoms with van der Waals surface area (Å²) in [6.07, 6.45) is 1.47. The lowest BCUT2D eigenvalue weighted by Gasteiger charge is -2.28. The van der Waals surface area contributed by atoms with Crippen molar-refractivity contribution < 1.29 is 38.1 Å². The van der Waals surface area contributed by atoms with Gasteiger partial charge in [0.15, 0.2) is 29.6 Å². The van der Waals surface area contributed by atoms with Gasteiger partial charge in [-0.1, -0.05) is 48.5 Å². The van der Waals surface area contributed by atoms with Crippen LogP contribution >= 0.6 is 15.9 Å². The molecule has 1 atom stereocenters. The van der Waals surface area contributed by atoms with E-state index in [2.05, 4.69) is 55.3 Å². The second-order valence-corrected chi connectivity index (χ2v) is 11.6. The number of benzene rings is 4. The first-order chi connectivity index (χ1) is 23.7. The maximum Gasteiger partial charge on any atom is 0.338 e. The van der Waals surface area contributed by atoms with Crippen LogP contribution in [0.1, 0.15) is 36.6 Å². The van der Waals surface area contributed by atoms with E-state index in [4.69, 9.17) is 23.7 Å². The number of amides is 3. The highest BCUT2D eigenvalue weighted by Crippen LogP contribution is 2.36. The van der Waals surface area contributed by atoms with Gasteiger partial charge in [0, 0.05) is 15.7 Å². The molecule has 1 aliphatic rings. The van der Waals surface area contributed by atoms with Crippen molar-refractivity contribution in [3.63, 3.8) is 0 Å². The predicted molar refractivity (Wildman–Crippen MR) is 187 cm³/mol. The monoisotopic (exact) mass is 730 g/mol. The third kappa shape index (κ3) is 8.30. The van der Waals surface area contributed by atoms with Gasteiger partial charge in [-0.25, -0.2) is 15.0 Å². The van der Waals surface area contributed by atoms with E-state index in [1.807, 2.05) is 24.3 Å². The first-order valence-corrected chi connectivity index (χ1v) is 16.1. The summed E-state index contributed by atoms with van der Waals surface area (Å²) in [7, 11) is 2.99. The second kappa shape index (κ2) is 16.0. The fraction of sp³-hybridized carbons (Fsp3) is 0.222. The van der Waals surface area contributed by atoms with Crippen LogP contribution in [-0.2, 0) is 20.9 Å². The Morgan fingerprint density at radius 2 is 1.69 bits per heavy atom. The van der Waals surface area contributed by atoms with Gasteiger partial charge in [0.05, 0.1) is 38.7 Å². The van der Waals surface area contributed by atoms with Crippen LogP contribution in [0.5, 0.6) is 23.0 Å². The van der Waals surface area contributed by atoms with Crippen molar-refractivity contribution in [2.45, 2.75) is 26.5 Å². The molecule has 3 N–H and O–H groups in total. The van der Waals surface area contributed by atoms with Crippen molar-refractivity contribution in [1.82, 2.24) is 16.1 Å². The van der Waals surface area contributed by atoms with E-state index in [0.29, 0.717) is 45.2 Å². The lowest BCUT2D eigenvalue weighted by atomic mass is 9.95. The van der Waals surface area contributed by atoms with E-state index in [1.54, 1.807) is 51.3 Å². The zero-order chi connectivity index (χ0) is 34.9. The number of nitrogens with zero attached hydrogens (tertiary/aromatic N) is 1. The predicted octanol–water partition coefficient (Wildman–Crippen LogP) is 5.92. The maximum atomic E-state index is 12.7. The van der Waals surface area contributed by atoms with Crippen molar-refractivity contribution >= 4 is 50.8 Å². The van der Waals surface area contributed by atoms with Gasteiger partial charge in [0.2, 0.25) is 0 Å². The number of esters is 1. The number of nitrogens with one attached hydrogen (secondary N) is 3. The van der Waals surface area contributed by atoms with Crippen LogP contribution in [0.15, 0.2) is 93.6 Å². The summed E-state index contributed by atoms with van der Waals surface area (Å²) < 4.78 is 28.7. The zero-order valence-electron chi connectivity index (χ0n) is 27.3. The molecule has 12 nitrogen and oxygen atoms in total. The standard InChI is InChI=1S/C36H35BrN4O8/c1-5-47-35(43)33-21(2)39-36(44)40-34(33)23-13-14-28(29(15-23)45-3)49-20-32(42)41-38-18-25-16-30(46-4)31(17-27(25)37)48-19-24-11-8-10-22-9-6-7-12-26(22)24/h6-18,34H,5,19-20H2,1-4H3,(H,41,42)(H2,39,40,44)/b38-18-/t34-/m1/s1. The molecule has 1 aliphatic heterocycles. The molecule has 13 heteroatoms. The molecule has 0 saturated heterocycles. The van der Waals surface area contributed by atoms with Crippen molar-refractivity contribution in [1.29, 1.82) is 0 Å². The summed E-state index contributed by atoms with van der Waals surface area (Å²) in [5.41, 5.74) is 5.34. The fourth-order valence-corrected chi connectivity index (χ4v) is 5.68. The number of urea groups is 1. The van der Waals surface area contributed by atoms with E-state index < -0.39 is 23.9 Å². The number of carbonyl (C=O) groups excluding carboxylic acids is 3. The summed E-state index contributed by atoms with van der Waals surface area (Å²) in [5, 5.41) is 11.7. The molecule has 4 aromatic rings. The Kier molecular flexibility index (Phi) is 11.4. The van der Waals surface area contributed by atoms with Crippen LogP contribution in [0.3, 0.4) is 0 Å². The molecule has 0 fully saturated rings. The Labute approximate surface area is 291 Å². The van der Waals surface area contributed by atoms with Crippen LogP contribution < -0.4 is 35.0 Å². The number of fused-ring (bicyclic) bond motifs is 1. The maximum absolute atomic E-state index is 12.7. The molecule has 0 aliphatic carbocycles. The smallest absolute Gasteiger partial charge is 0.338 e. The molecule has 0 saturated carbocycles. The van der Waals surface area contributed by atoms with E-state index in [1.165, 1.54) is 13.3 Å². The average molecular weight is 732 g/mol. The van der Waals surface area contributed by atoms with Gasteiger partial charge in [-0.15, -0.1) is 0 Å². The molecule has 3 amide bonds. The topological polar surface area (TPSA) is 146 Å². The highest BCUT2D eigenvalue weighted by atomic mass is 79.9. The van der Waals surface area contributed by atoms with Gasteiger partial charge < -0.3 is 34.3 Å². The number of hydrogen-bond acceptors (Lipinski definition) is 9. The van der Waals surface area contributed by atoms with Gasteiger partial charge in [-0.3, -0.25) is 4.79 Å². The van der Waals surface area contributed by atoms with E-state index in [0.717, 1.165) is 16.3 Å². The molecule has 49 heavy (non-hydrogen) atoms. The average Bonchev–Trinajstić information content (AvgIpc) is 3.10. The minimum atomic E-state index is -0.781. The largest absolute Gasteiger partial charge is 0.493 e. The number of methoxy groups -OCH3 is 2. The lowest BCUT2D eigenvalue weighted by molar-refractivity contribution is -0.139. The third-order valence-corrected chi connectivity index (χ3v) is 8.27.